The van der Waals surface area contributed by atoms with Gasteiger partial charge in [-0.2, -0.15) is 5.10 Å². The highest BCUT2D eigenvalue weighted by atomic mass is 15.3. The fraction of sp³-hybridized carbons (Fsp3) is 0.867. The summed E-state index contributed by atoms with van der Waals surface area (Å²) in [6.45, 7) is 8.58. The lowest BCUT2D eigenvalue weighted by molar-refractivity contribution is 0.193. The minimum absolute atomic E-state index is 0.0886. The first-order chi connectivity index (χ1) is 9.97. The molecule has 1 aromatic rings. The molecule has 0 radical (unpaired) electrons. The van der Waals surface area contributed by atoms with Crippen LogP contribution < -0.4 is 5.73 Å². The summed E-state index contributed by atoms with van der Waals surface area (Å²) in [6, 6.07) is 0.465. The first-order valence-electron chi connectivity index (χ1n) is 7.98. The fourth-order valence-corrected chi connectivity index (χ4v) is 3.06. The van der Waals surface area contributed by atoms with Crippen LogP contribution in [0.4, 0.5) is 0 Å². The Labute approximate surface area is 128 Å². The molecule has 21 heavy (non-hydrogen) atoms. The lowest BCUT2D eigenvalue weighted by Gasteiger charge is -2.32. The Kier molecular flexibility index (Phi) is 5.72. The van der Waals surface area contributed by atoms with Crippen LogP contribution in [-0.4, -0.2) is 70.4 Å². The van der Waals surface area contributed by atoms with E-state index in [2.05, 4.69) is 47.8 Å². The average Bonchev–Trinajstić information content (AvgIpc) is 2.73. The van der Waals surface area contributed by atoms with Crippen LogP contribution >= 0.6 is 0 Å². The molecule has 6 nitrogen and oxygen atoms in total. The van der Waals surface area contributed by atoms with Crippen molar-refractivity contribution in [3.8, 4) is 0 Å². The van der Waals surface area contributed by atoms with Gasteiger partial charge < -0.3 is 15.5 Å². The predicted octanol–water partition coefficient (Wildman–Crippen LogP) is 0.440. The molecule has 120 valence electrons. The molecular weight excluding hydrogens is 264 g/mol. The normalized spacial score (nSPS) is 23.4. The van der Waals surface area contributed by atoms with Crippen LogP contribution in [0.5, 0.6) is 0 Å². The number of hydrogen-bond donors (Lipinski definition) is 1. The van der Waals surface area contributed by atoms with E-state index in [1.165, 1.54) is 6.42 Å². The predicted molar refractivity (Wildman–Crippen MR) is 85.1 cm³/mol. The highest BCUT2D eigenvalue weighted by Gasteiger charge is 2.27. The van der Waals surface area contributed by atoms with E-state index in [1.807, 2.05) is 4.68 Å². The Bertz CT molecular complexity index is 430. The summed E-state index contributed by atoms with van der Waals surface area (Å²) in [5.74, 6) is 1.57. The summed E-state index contributed by atoms with van der Waals surface area (Å²) >= 11 is 0. The lowest BCUT2D eigenvalue weighted by atomic mass is 10.0. The Morgan fingerprint density at radius 3 is 2.81 bits per heavy atom. The van der Waals surface area contributed by atoms with E-state index in [0.717, 1.165) is 38.4 Å². The van der Waals surface area contributed by atoms with Gasteiger partial charge in [0.1, 0.15) is 12.2 Å². The summed E-state index contributed by atoms with van der Waals surface area (Å²) in [6.07, 6.45) is 3.64. The van der Waals surface area contributed by atoms with Crippen molar-refractivity contribution in [2.45, 2.75) is 45.3 Å². The third-order valence-electron chi connectivity index (χ3n) is 4.26. The second-order valence-corrected chi connectivity index (χ2v) is 6.78. The number of likely N-dealkylation sites (N-methyl/N-ethyl adjacent to an activating group) is 2. The van der Waals surface area contributed by atoms with Crippen LogP contribution in [0.15, 0.2) is 6.33 Å². The van der Waals surface area contributed by atoms with Gasteiger partial charge in [-0.1, -0.05) is 13.8 Å². The van der Waals surface area contributed by atoms with Crippen molar-refractivity contribution in [3.63, 3.8) is 0 Å². The molecule has 2 unspecified atom stereocenters. The van der Waals surface area contributed by atoms with Crippen molar-refractivity contribution in [1.29, 1.82) is 0 Å². The molecule has 0 bridgehead atoms. The van der Waals surface area contributed by atoms with Gasteiger partial charge in [0.25, 0.3) is 0 Å². The zero-order chi connectivity index (χ0) is 15.4. The maximum Gasteiger partial charge on any atom is 0.138 e. The first kappa shape index (κ1) is 16.4. The maximum atomic E-state index is 6.51. The second-order valence-electron chi connectivity index (χ2n) is 6.78. The van der Waals surface area contributed by atoms with Crippen LogP contribution in [-0.2, 0) is 13.0 Å². The van der Waals surface area contributed by atoms with E-state index in [0.29, 0.717) is 12.0 Å². The van der Waals surface area contributed by atoms with Crippen molar-refractivity contribution >= 4 is 0 Å². The molecule has 1 aromatic heterocycles. The smallest absolute Gasteiger partial charge is 0.138 e. The number of nitrogens with two attached hydrogens (primary N) is 1. The van der Waals surface area contributed by atoms with Crippen molar-refractivity contribution in [1.82, 2.24) is 24.6 Å². The zero-order valence-corrected chi connectivity index (χ0v) is 13.9. The van der Waals surface area contributed by atoms with Crippen LogP contribution in [0, 0.1) is 5.92 Å². The van der Waals surface area contributed by atoms with E-state index in [9.17, 15) is 0 Å². The molecule has 1 fully saturated rings. The summed E-state index contributed by atoms with van der Waals surface area (Å²) in [7, 11) is 4.36. The summed E-state index contributed by atoms with van der Waals surface area (Å²) in [5, 5.41) is 4.33. The molecule has 0 aromatic carbocycles. The summed E-state index contributed by atoms with van der Waals surface area (Å²) in [4.78, 5) is 9.19. The van der Waals surface area contributed by atoms with Gasteiger partial charge in [0, 0.05) is 31.6 Å². The Morgan fingerprint density at radius 1 is 1.33 bits per heavy atom. The van der Waals surface area contributed by atoms with Gasteiger partial charge in [-0.3, -0.25) is 0 Å². The number of rotatable bonds is 5. The van der Waals surface area contributed by atoms with Crippen LogP contribution in [0.25, 0.3) is 0 Å². The monoisotopic (exact) mass is 294 g/mol. The lowest BCUT2D eigenvalue weighted by Crippen LogP contribution is -2.51. The highest BCUT2D eigenvalue weighted by Crippen LogP contribution is 2.13. The first-order valence-corrected chi connectivity index (χ1v) is 7.98. The molecule has 0 saturated carbocycles. The second kappa shape index (κ2) is 7.33. The molecule has 1 saturated heterocycles. The van der Waals surface area contributed by atoms with Gasteiger partial charge in [-0.15, -0.1) is 0 Å². The Morgan fingerprint density at radius 2 is 2.10 bits per heavy atom. The van der Waals surface area contributed by atoms with Gasteiger partial charge in [0.15, 0.2) is 0 Å². The quantitative estimate of drug-likeness (QED) is 0.854. The SMILES string of the molecule is CC(C)Cn1ncnc1CC(N)C1CN(C)CCCN1C. The summed E-state index contributed by atoms with van der Waals surface area (Å²) in [5.41, 5.74) is 6.51. The van der Waals surface area contributed by atoms with Crippen LogP contribution in [0.1, 0.15) is 26.1 Å². The van der Waals surface area contributed by atoms with E-state index < -0.39 is 0 Å². The molecular formula is C15H30N6. The van der Waals surface area contributed by atoms with Crippen molar-refractivity contribution in [2.75, 3.05) is 33.7 Å². The maximum absolute atomic E-state index is 6.51. The molecule has 2 heterocycles. The van der Waals surface area contributed by atoms with E-state index in [-0.39, 0.29) is 6.04 Å². The minimum atomic E-state index is 0.0886. The topological polar surface area (TPSA) is 63.2 Å². The van der Waals surface area contributed by atoms with Crippen molar-refractivity contribution in [3.05, 3.63) is 12.2 Å². The van der Waals surface area contributed by atoms with Crippen LogP contribution in [0.2, 0.25) is 0 Å². The zero-order valence-electron chi connectivity index (χ0n) is 13.9. The van der Waals surface area contributed by atoms with Gasteiger partial charge >= 0.3 is 0 Å². The molecule has 1 aliphatic heterocycles. The van der Waals surface area contributed by atoms with Gasteiger partial charge in [-0.25, -0.2) is 9.67 Å². The molecule has 1 aliphatic rings. The Hall–Kier alpha value is -0.980. The number of aromatic nitrogens is 3. The third-order valence-corrected chi connectivity index (χ3v) is 4.26. The van der Waals surface area contributed by atoms with Crippen LogP contribution in [0.3, 0.4) is 0 Å². The average molecular weight is 294 g/mol. The summed E-state index contributed by atoms with van der Waals surface area (Å²) < 4.78 is 2.00. The Balaban J connectivity index is 2.02. The van der Waals surface area contributed by atoms with Crippen molar-refractivity contribution in [2.24, 2.45) is 11.7 Å². The molecule has 2 atom stereocenters. The molecule has 0 amide bonds. The van der Waals surface area contributed by atoms with Gasteiger partial charge in [-0.05, 0) is 39.5 Å². The molecule has 0 aliphatic carbocycles. The standard InChI is InChI=1S/C15H30N6/c1-12(2)9-21-15(17-11-18-21)8-13(16)14-10-19(3)6-5-7-20(14)4/h11-14H,5-10,16H2,1-4H3. The molecule has 0 spiro atoms. The largest absolute Gasteiger partial charge is 0.326 e. The third kappa shape index (κ3) is 4.49. The number of nitrogens with zero attached hydrogens (tertiary/aromatic N) is 5. The minimum Gasteiger partial charge on any atom is -0.326 e. The molecule has 2 rings (SSSR count). The molecule has 6 heteroatoms. The van der Waals surface area contributed by atoms with Gasteiger partial charge in [0.2, 0.25) is 0 Å². The van der Waals surface area contributed by atoms with E-state index in [4.69, 9.17) is 5.73 Å². The molecule has 2 N–H and O–H groups in total. The highest BCUT2D eigenvalue weighted by molar-refractivity contribution is 4.95. The number of hydrogen-bond acceptors (Lipinski definition) is 5. The van der Waals surface area contributed by atoms with Crippen molar-refractivity contribution < 1.29 is 0 Å². The fourth-order valence-electron chi connectivity index (χ4n) is 3.06. The van der Waals surface area contributed by atoms with E-state index >= 15 is 0 Å². The van der Waals surface area contributed by atoms with E-state index in [1.54, 1.807) is 6.33 Å². The van der Waals surface area contributed by atoms with Gasteiger partial charge in [0.05, 0.1) is 0 Å².